The Morgan fingerprint density at radius 2 is 2.21 bits per heavy atom. The molecule has 1 aromatic carbocycles. The lowest BCUT2D eigenvalue weighted by Crippen LogP contribution is -2.01. The van der Waals surface area contributed by atoms with E-state index in [1.165, 1.54) is 18.4 Å². The van der Waals surface area contributed by atoms with Gasteiger partial charge in [0.15, 0.2) is 0 Å². The number of ether oxygens (including phenoxy) is 1. The molecule has 0 saturated heterocycles. The van der Waals surface area contributed by atoms with E-state index in [1.54, 1.807) is 0 Å². The van der Waals surface area contributed by atoms with Crippen molar-refractivity contribution in [1.29, 1.82) is 0 Å². The van der Waals surface area contributed by atoms with E-state index in [9.17, 15) is 0 Å². The molecular formula is C12H17NO. The summed E-state index contributed by atoms with van der Waals surface area (Å²) in [6.45, 7) is 2.97. The number of hydrogen-bond donors (Lipinski definition) is 1. The smallest absolute Gasteiger partial charge is 0.124 e. The molecule has 0 aliphatic heterocycles. The Morgan fingerprint density at radius 3 is 2.86 bits per heavy atom. The Kier molecular flexibility index (Phi) is 2.62. The maximum absolute atomic E-state index is 5.76. The predicted octanol–water partition coefficient (Wildman–Crippen LogP) is 2.83. The van der Waals surface area contributed by atoms with Gasteiger partial charge in [-0.1, -0.05) is 6.07 Å². The Bertz CT molecular complexity index is 318. The third-order valence-corrected chi connectivity index (χ3v) is 2.65. The number of hydrogen-bond acceptors (Lipinski definition) is 2. The highest BCUT2D eigenvalue weighted by Gasteiger charge is 2.22. The van der Waals surface area contributed by atoms with Crippen LogP contribution in [0.25, 0.3) is 0 Å². The van der Waals surface area contributed by atoms with Crippen LogP contribution in [-0.4, -0.2) is 13.7 Å². The highest BCUT2D eigenvalue weighted by Crippen LogP contribution is 2.31. The summed E-state index contributed by atoms with van der Waals surface area (Å²) in [6.07, 6.45) is 2.68. The van der Waals surface area contributed by atoms with Crippen molar-refractivity contribution in [2.24, 2.45) is 5.92 Å². The van der Waals surface area contributed by atoms with E-state index >= 15 is 0 Å². The van der Waals surface area contributed by atoms with Crippen LogP contribution in [0.2, 0.25) is 0 Å². The Hall–Kier alpha value is -1.18. The predicted molar refractivity (Wildman–Crippen MR) is 58.9 cm³/mol. The van der Waals surface area contributed by atoms with Gasteiger partial charge in [0.2, 0.25) is 0 Å². The third-order valence-electron chi connectivity index (χ3n) is 2.65. The summed E-state index contributed by atoms with van der Waals surface area (Å²) in [6, 6.07) is 6.23. The molecule has 0 aromatic heterocycles. The summed E-state index contributed by atoms with van der Waals surface area (Å²) in [5, 5.41) is 3.12. The first-order valence-electron chi connectivity index (χ1n) is 5.21. The Labute approximate surface area is 85.3 Å². The van der Waals surface area contributed by atoms with Gasteiger partial charge < -0.3 is 10.1 Å². The molecule has 2 rings (SSSR count). The first-order valence-corrected chi connectivity index (χ1v) is 5.21. The van der Waals surface area contributed by atoms with Gasteiger partial charge in [-0.15, -0.1) is 0 Å². The number of anilines is 1. The molecule has 1 fully saturated rings. The molecule has 0 unspecified atom stereocenters. The lowest BCUT2D eigenvalue weighted by Gasteiger charge is -2.10. The Morgan fingerprint density at radius 1 is 1.43 bits per heavy atom. The van der Waals surface area contributed by atoms with E-state index < -0.39 is 0 Å². The fraction of sp³-hybridized carbons (Fsp3) is 0.500. The number of rotatable bonds is 4. The topological polar surface area (TPSA) is 21.3 Å². The highest BCUT2D eigenvalue weighted by atomic mass is 16.5. The molecule has 1 N–H and O–H groups in total. The van der Waals surface area contributed by atoms with Gasteiger partial charge in [-0.2, -0.15) is 0 Å². The third kappa shape index (κ3) is 2.19. The highest BCUT2D eigenvalue weighted by molar-refractivity contribution is 5.51. The van der Waals surface area contributed by atoms with Crippen LogP contribution in [0.5, 0.6) is 5.75 Å². The van der Waals surface area contributed by atoms with E-state index in [2.05, 4.69) is 30.4 Å². The molecule has 0 spiro atoms. The molecule has 76 valence electrons. The van der Waals surface area contributed by atoms with Gasteiger partial charge in [-0.05, 0) is 37.3 Å². The quantitative estimate of drug-likeness (QED) is 0.790. The molecule has 2 heteroatoms. The molecule has 1 saturated carbocycles. The fourth-order valence-electron chi connectivity index (χ4n) is 1.40. The maximum atomic E-state index is 5.76. The SMILES string of the molecule is CNc1ccc(C)c(OCC2CC2)c1. The summed E-state index contributed by atoms with van der Waals surface area (Å²) in [7, 11) is 1.93. The molecule has 14 heavy (non-hydrogen) atoms. The van der Waals surface area contributed by atoms with Crippen molar-refractivity contribution in [1.82, 2.24) is 0 Å². The number of nitrogens with one attached hydrogen (secondary N) is 1. The summed E-state index contributed by atoms with van der Waals surface area (Å²) >= 11 is 0. The molecule has 1 aromatic rings. The van der Waals surface area contributed by atoms with E-state index in [0.717, 1.165) is 24.0 Å². The second kappa shape index (κ2) is 3.91. The molecule has 0 heterocycles. The van der Waals surface area contributed by atoms with Crippen LogP contribution < -0.4 is 10.1 Å². The first kappa shape index (κ1) is 9.38. The molecule has 0 amide bonds. The summed E-state index contributed by atoms with van der Waals surface area (Å²) in [5.74, 6) is 1.83. The van der Waals surface area contributed by atoms with Crippen LogP contribution in [0, 0.1) is 12.8 Å². The van der Waals surface area contributed by atoms with Gasteiger partial charge in [-0.25, -0.2) is 0 Å². The molecule has 0 atom stereocenters. The minimum atomic E-state index is 0.813. The average Bonchev–Trinajstić information content (AvgIpc) is 3.00. The van der Waals surface area contributed by atoms with Crippen LogP contribution in [0.15, 0.2) is 18.2 Å². The largest absolute Gasteiger partial charge is 0.493 e. The van der Waals surface area contributed by atoms with Crippen molar-refractivity contribution < 1.29 is 4.74 Å². The summed E-state index contributed by atoms with van der Waals surface area (Å²) in [5.41, 5.74) is 2.33. The van der Waals surface area contributed by atoms with Gasteiger partial charge in [0.25, 0.3) is 0 Å². The Balaban J connectivity index is 2.04. The van der Waals surface area contributed by atoms with E-state index in [1.807, 2.05) is 7.05 Å². The number of benzene rings is 1. The first-order chi connectivity index (χ1) is 6.79. The molecule has 1 aliphatic carbocycles. The fourth-order valence-corrected chi connectivity index (χ4v) is 1.40. The zero-order chi connectivity index (χ0) is 9.97. The number of aryl methyl sites for hydroxylation is 1. The van der Waals surface area contributed by atoms with Crippen molar-refractivity contribution in [3.63, 3.8) is 0 Å². The van der Waals surface area contributed by atoms with Gasteiger partial charge >= 0.3 is 0 Å². The maximum Gasteiger partial charge on any atom is 0.124 e. The molecule has 2 nitrogen and oxygen atoms in total. The zero-order valence-corrected chi connectivity index (χ0v) is 8.84. The van der Waals surface area contributed by atoms with Crippen LogP contribution in [0.3, 0.4) is 0 Å². The molecule has 0 radical (unpaired) electrons. The second-order valence-electron chi connectivity index (χ2n) is 3.98. The van der Waals surface area contributed by atoms with Crippen molar-refractivity contribution in [2.75, 3.05) is 19.0 Å². The van der Waals surface area contributed by atoms with Crippen molar-refractivity contribution in [2.45, 2.75) is 19.8 Å². The minimum absolute atomic E-state index is 0.813. The standard InChI is InChI=1S/C12H17NO/c1-9-3-6-11(13-2)7-12(9)14-8-10-4-5-10/h3,6-7,10,13H,4-5,8H2,1-2H3. The van der Waals surface area contributed by atoms with Crippen molar-refractivity contribution in [3.8, 4) is 5.75 Å². The monoisotopic (exact) mass is 191 g/mol. The van der Waals surface area contributed by atoms with Gasteiger partial charge in [-0.3, -0.25) is 0 Å². The lowest BCUT2D eigenvalue weighted by atomic mass is 10.2. The average molecular weight is 191 g/mol. The van der Waals surface area contributed by atoms with Gasteiger partial charge in [0.1, 0.15) is 5.75 Å². The second-order valence-corrected chi connectivity index (χ2v) is 3.98. The van der Waals surface area contributed by atoms with E-state index in [4.69, 9.17) is 4.74 Å². The zero-order valence-electron chi connectivity index (χ0n) is 8.84. The lowest BCUT2D eigenvalue weighted by molar-refractivity contribution is 0.298. The van der Waals surface area contributed by atoms with E-state index in [0.29, 0.717) is 0 Å². The van der Waals surface area contributed by atoms with Gasteiger partial charge in [0.05, 0.1) is 6.61 Å². The van der Waals surface area contributed by atoms with Crippen LogP contribution in [0.1, 0.15) is 18.4 Å². The molecule has 0 bridgehead atoms. The van der Waals surface area contributed by atoms with Crippen molar-refractivity contribution in [3.05, 3.63) is 23.8 Å². The molecule has 1 aliphatic rings. The summed E-state index contributed by atoms with van der Waals surface area (Å²) < 4.78 is 5.76. The molecular weight excluding hydrogens is 174 g/mol. The van der Waals surface area contributed by atoms with Gasteiger partial charge in [0, 0.05) is 18.8 Å². The minimum Gasteiger partial charge on any atom is -0.493 e. The van der Waals surface area contributed by atoms with E-state index in [-0.39, 0.29) is 0 Å². The summed E-state index contributed by atoms with van der Waals surface area (Å²) in [4.78, 5) is 0. The van der Waals surface area contributed by atoms with Crippen LogP contribution >= 0.6 is 0 Å². The van der Waals surface area contributed by atoms with Crippen LogP contribution in [0.4, 0.5) is 5.69 Å². The van der Waals surface area contributed by atoms with Crippen LogP contribution in [-0.2, 0) is 0 Å². The normalized spacial score (nSPS) is 15.3. The van der Waals surface area contributed by atoms with Crippen molar-refractivity contribution >= 4 is 5.69 Å².